The summed E-state index contributed by atoms with van der Waals surface area (Å²) in [4.78, 5) is 14.7. The van der Waals surface area contributed by atoms with Gasteiger partial charge in [0.15, 0.2) is 0 Å². The topological polar surface area (TPSA) is 70.8 Å². The van der Waals surface area contributed by atoms with E-state index in [1.807, 2.05) is 25.1 Å². The van der Waals surface area contributed by atoms with E-state index in [4.69, 9.17) is 4.42 Å². The molecule has 0 spiro atoms. The number of nitrogens with zero attached hydrogens (tertiary/aromatic N) is 2. The molecule has 1 aromatic heterocycles. The van der Waals surface area contributed by atoms with Crippen LogP contribution in [0.25, 0.3) is 6.08 Å². The molecule has 0 bridgehead atoms. The third kappa shape index (κ3) is 7.40. The first-order valence-electron chi connectivity index (χ1n) is 10.7. The van der Waals surface area contributed by atoms with Gasteiger partial charge in [-0.3, -0.25) is 4.79 Å². The summed E-state index contributed by atoms with van der Waals surface area (Å²) in [7, 11) is -3.82. The predicted octanol–water partition coefficient (Wildman–Crippen LogP) is 4.66. The van der Waals surface area contributed by atoms with Gasteiger partial charge in [0.25, 0.3) is 0 Å². The Morgan fingerprint density at radius 3 is 2.36 bits per heavy atom. The Hall–Kier alpha value is -3.23. The van der Waals surface area contributed by atoms with Crippen LogP contribution in [0, 0.1) is 5.82 Å². The van der Waals surface area contributed by atoms with Crippen LogP contribution in [0.1, 0.15) is 30.2 Å². The van der Waals surface area contributed by atoms with E-state index in [0.717, 1.165) is 16.5 Å². The summed E-state index contributed by atoms with van der Waals surface area (Å²) in [5.41, 5.74) is 1.48. The van der Waals surface area contributed by atoms with Crippen LogP contribution in [-0.2, 0) is 27.9 Å². The molecule has 0 saturated carbocycles. The molecule has 33 heavy (non-hydrogen) atoms. The van der Waals surface area contributed by atoms with Crippen molar-refractivity contribution < 1.29 is 22.0 Å². The van der Waals surface area contributed by atoms with Crippen molar-refractivity contribution in [2.75, 3.05) is 13.1 Å². The third-order valence-electron chi connectivity index (χ3n) is 4.94. The lowest BCUT2D eigenvalue weighted by atomic mass is 10.2. The van der Waals surface area contributed by atoms with Crippen molar-refractivity contribution >= 4 is 22.0 Å². The number of halogens is 1. The van der Waals surface area contributed by atoms with Crippen LogP contribution in [0.4, 0.5) is 4.39 Å². The highest BCUT2D eigenvalue weighted by atomic mass is 32.2. The minimum Gasteiger partial charge on any atom is -0.467 e. The molecule has 0 aliphatic heterocycles. The van der Waals surface area contributed by atoms with Gasteiger partial charge >= 0.3 is 0 Å². The van der Waals surface area contributed by atoms with Crippen LogP contribution in [0.2, 0.25) is 0 Å². The lowest BCUT2D eigenvalue weighted by Gasteiger charge is -2.26. The number of carbonyl (C=O) groups excluding carboxylic acids is 1. The first-order valence-corrected chi connectivity index (χ1v) is 12.2. The molecule has 0 N–H and O–H groups in total. The van der Waals surface area contributed by atoms with Gasteiger partial charge in [-0.2, -0.15) is 4.31 Å². The van der Waals surface area contributed by atoms with E-state index in [9.17, 15) is 17.6 Å². The highest BCUT2D eigenvalue weighted by molar-refractivity contribution is 7.92. The van der Waals surface area contributed by atoms with Gasteiger partial charge in [0.1, 0.15) is 11.6 Å². The summed E-state index contributed by atoms with van der Waals surface area (Å²) < 4.78 is 45.8. The van der Waals surface area contributed by atoms with Crippen molar-refractivity contribution in [2.24, 2.45) is 0 Å². The van der Waals surface area contributed by atoms with Gasteiger partial charge < -0.3 is 9.32 Å². The van der Waals surface area contributed by atoms with E-state index in [0.29, 0.717) is 12.2 Å². The summed E-state index contributed by atoms with van der Waals surface area (Å²) >= 11 is 0. The van der Waals surface area contributed by atoms with Crippen molar-refractivity contribution in [1.29, 1.82) is 0 Å². The molecular formula is C25H27FN2O4S. The number of furan rings is 1. The fourth-order valence-electron chi connectivity index (χ4n) is 3.24. The van der Waals surface area contributed by atoms with E-state index >= 15 is 0 Å². The van der Waals surface area contributed by atoms with Gasteiger partial charge in [-0.05, 0) is 47.9 Å². The van der Waals surface area contributed by atoms with Crippen molar-refractivity contribution in [1.82, 2.24) is 9.21 Å². The third-order valence-corrected chi connectivity index (χ3v) is 6.45. The fraction of sp³-hybridized carbons (Fsp3) is 0.240. The Balaban J connectivity index is 1.78. The minimum atomic E-state index is -3.82. The molecule has 1 heterocycles. The van der Waals surface area contributed by atoms with E-state index in [1.54, 1.807) is 36.4 Å². The average molecular weight is 471 g/mol. The van der Waals surface area contributed by atoms with Gasteiger partial charge in [0.2, 0.25) is 15.9 Å². The molecule has 6 nitrogen and oxygen atoms in total. The van der Waals surface area contributed by atoms with E-state index in [1.165, 1.54) is 33.7 Å². The van der Waals surface area contributed by atoms with Crippen LogP contribution >= 0.6 is 0 Å². The minimum absolute atomic E-state index is 0.170. The summed E-state index contributed by atoms with van der Waals surface area (Å²) in [6.07, 6.45) is 3.58. The van der Waals surface area contributed by atoms with E-state index in [2.05, 4.69) is 0 Å². The van der Waals surface area contributed by atoms with Gasteiger partial charge in [0, 0.05) is 18.5 Å². The Morgan fingerprint density at radius 2 is 1.73 bits per heavy atom. The molecule has 0 radical (unpaired) electrons. The zero-order valence-corrected chi connectivity index (χ0v) is 19.2. The molecule has 3 rings (SSSR count). The molecule has 8 heteroatoms. The summed E-state index contributed by atoms with van der Waals surface area (Å²) in [5, 5.41) is 1.13. The first-order chi connectivity index (χ1) is 15.9. The predicted molar refractivity (Wildman–Crippen MR) is 126 cm³/mol. The molecular weight excluding hydrogens is 443 g/mol. The standard InChI is InChI=1S/C25H27FN2O4S/c1-2-15-28(33(30,31)17-14-21-7-4-3-5-8-21)20-25(29)27(19-24-9-6-16-32-24)18-22-10-12-23(26)13-11-22/h3-14,16-17H,2,15,18-20H2,1H3/b17-14+. The fourth-order valence-corrected chi connectivity index (χ4v) is 4.47. The number of sulfonamides is 1. The highest BCUT2D eigenvalue weighted by Crippen LogP contribution is 2.15. The lowest BCUT2D eigenvalue weighted by Crippen LogP contribution is -2.42. The van der Waals surface area contributed by atoms with Crippen molar-refractivity contribution in [3.8, 4) is 0 Å². The number of amides is 1. The molecule has 174 valence electrons. The van der Waals surface area contributed by atoms with E-state index in [-0.39, 0.29) is 37.9 Å². The SMILES string of the molecule is CCCN(CC(=O)N(Cc1ccc(F)cc1)Cc1ccco1)S(=O)(=O)/C=C/c1ccccc1. The maximum absolute atomic E-state index is 13.3. The summed E-state index contributed by atoms with van der Waals surface area (Å²) in [6, 6.07) is 18.4. The molecule has 0 fully saturated rings. The number of hydrogen-bond donors (Lipinski definition) is 0. The second-order valence-electron chi connectivity index (χ2n) is 7.55. The number of benzene rings is 2. The zero-order chi connectivity index (χ0) is 23.7. The Morgan fingerprint density at radius 1 is 1.00 bits per heavy atom. The maximum atomic E-state index is 13.3. The second-order valence-corrected chi connectivity index (χ2v) is 9.37. The molecule has 0 unspecified atom stereocenters. The van der Waals surface area contributed by atoms with Gasteiger partial charge in [-0.15, -0.1) is 0 Å². The molecule has 0 aliphatic carbocycles. The largest absolute Gasteiger partial charge is 0.467 e. The molecule has 3 aromatic rings. The smallest absolute Gasteiger partial charge is 0.238 e. The number of carbonyl (C=O) groups is 1. The summed E-state index contributed by atoms with van der Waals surface area (Å²) in [5.74, 6) is -0.173. The van der Waals surface area contributed by atoms with Crippen LogP contribution in [0.15, 0.2) is 82.8 Å². The number of rotatable bonds is 11. The molecule has 2 aromatic carbocycles. The quantitative estimate of drug-likeness (QED) is 0.409. The first kappa shape index (κ1) is 24.4. The zero-order valence-electron chi connectivity index (χ0n) is 18.4. The molecule has 0 atom stereocenters. The van der Waals surface area contributed by atoms with Crippen LogP contribution in [0.3, 0.4) is 0 Å². The van der Waals surface area contributed by atoms with Gasteiger partial charge in [0.05, 0.1) is 19.4 Å². The monoisotopic (exact) mass is 470 g/mol. The molecule has 0 saturated heterocycles. The Bertz CT molecular complexity index is 1140. The summed E-state index contributed by atoms with van der Waals surface area (Å²) in [6.45, 7) is 2.12. The van der Waals surface area contributed by atoms with Crippen LogP contribution in [0.5, 0.6) is 0 Å². The van der Waals surface area contributed by atoms with Gasteiger partial charge in [-0.1, -0.05) is 49.4 Å². The van der Waals surface area contributed by atoms with Crippen molar-refractivity contribution in [2.45, 2.75) is 26.4 Å². The van der Waals surface area contributed by atoms with Crippen molar-refractivity contribution in [3.63, 3.8) is 0 Å². The van der Waals surface area contributed by atoms with Crippen molar-refractivity contribution in [3.05, 3.63) is 101 Å². The van der Waals surface area contributed by atoms with Crippen LogP contribution < -0.4 is 0 Å². The lowest BCUT2D eigenvalue weighted by molar-refractivity contribution is -0.132. The second kappa shape index (κ2) is 11.6. The maximum Gasteiger partial charge on any atom is 0.238 e. The molecule has 0 aliphatic rings. The normalized spacial score (nSPS) is 11.8. The Labute approximate surface area is 194 Å². The van der Waals surface area contributed by atoms with Gasteiger partial charge in [-0.25, -0.2) is 12.8 Å². The van der Waals surface area contributed by atoms with E-state index < -0.39 is 10.0 Å². The molecule has 1 amide bonds. The van der Waals surface area contributed by atoms with Crippen LogP contribution in [-0.4, -0.2) is 36.6 Å². The Kier molecular flexibility index (Phi) is 8.57. The highest BCUT2D eigenvalue weighted by Gasteiger charge is 2.25. The number of hydrogen-bond acceptors (Lipinski definition) is 4. The average Bonchev–Trinajstić information content (AvgIpc) is 3.32.